The Hall–Kier alpha value is -0.580. The van der Waals surface area contributed by atoms with Crippen LogP contribution in [0, 0.1) is 11.8 Å². The lowest BCUT2D eigenvalue weighted by atomic mass is 10.4. The van der Waals surface area contributed by atoms with E-state index in [2.05, 4.69) is 16.4 Å². The molecule has 0 aliphatic rings. The van der Waals surface area contributed by atoms with Crippen LogP contribution in [0.2, 0.25) is 0 Å². The van der Waals surface area contributed by atoms with Crippen LogP contribution in [0.4, 0.5) is 0 Å². The summed E-state index contributed by atoms with van der Waals surface area (Å²) >= 11 is 0. The Morgan fingerprint density at radius 2 is 2.17 bits per heavy atom. The number of carbonyl (C=O) groups excluding carboxylic acids is 1. The van der Waals surface area contributed by atoms with Gasteiger partial charge in [0.25, 0.3) is 0 Å². The number of Topliss-reactive ketones (excluding diaryl/α,β-unsaturated/α-hetero) is 1. The summed E-state index contributed by atoms with van der Waals surface area (Å²) in [4.78, 5) is 11.0. The maximum absolute atomic E-state index is 11.2. The molecule has 0 aliphatic carbocycles. The molecule has 0 saturated heterocycles. The SMILES string of the molecule is CCC#CC(=O)CP(C)(=O)OC. The molecular formula is C8H13O3P. The molecule has 0 aromatic heterocycles. The Morgan fingerprint density at radius 3 is 2.58 bits per heavy atom. The Morgan fingerprint density at radius 1 is 1.58 bits per heavy atom. The summed E-state index contributed by atoms with van der Waals surface area (Å²) in [5, 5.41) is 0. The van der Waals surface area contributed by atoms with Gasteiger partial charge in [0, 0.05) is 20.2 Å². The van der Waals surface area contributed by atoms with E-state index < -0.39 is 7.37 Å². The van der Waals surface area contributed by atoms with Gasteiger partial charge in [0.05, 0.1) is 6.16 Å². The minimum absolute atomic E-state index is 0.0868. The van der Waals surface area contributed by atoms with Crippen molar-refractivity contribution in [2.75, 3.05) is 19.9 Å². The quantitative estimate of drug-likeness (QED) is 0.383. The predicted molar refractivity (Wildman–Crippen MR) is 48.5 cm³/mol. The van der Waals surface area contributed by atoms with Gasteiger partial charge in [0.2, 0.25) is 13.2 Å². The van der Waals surface area contributed by atoms with Crippen LogP contribution >= 0.6 is 7.37 Å². The maximum atomic E-state index is 11.2. The monoisotopic (exact) mass is 188 g/mol. The highest BCUT2D eigenvalue weighted by Crippen LogP contribution is 2.40. The van der Waals surface area contributed by atoms with E-state index in [0.29, 0.717) is 6.42 Å². The summed E-state index contributed by atoms with van der Waals surface area (Å²) in [7, 11) is -1.39. The first-order valence-electron chi connectivity index (χ1n) is 3.66. The van der Waals surface area contributed by atoms with Gasteiger partial charge in [-0.05, 0) is 5.92 Å². The van der Waals surface area contributed by atoms with E-state index in [-0.39, 0.29) is 11.9 Å². The molecule has 1 unspecified atom stereocenters. The molecule has 0 spiro atoms. The van der Waals surface area contributed by atoms with Gasteiger partial charge in [-0.15, -0.1) is 0 Å². The fraction of sp³-hybridized carbons (Fsp3) is 0.625. The fourth-order valence-electron chi connectivity index (χ4n) is 0.552. The Kier molecular flexibility index (Phi) is 4.89. The van der Waals surface area contributed by atoms with E-state index in [1.54, 1.807) is 0 Å². The standard InChI is InChI=1S/C8H13O3P/c1-4-5-6-8(9)7-12(3,10)11-2/h4,7H2,1-3H3. The van der Waals surface area contributed by atoms with Gasteiger partial charge in [0.15, 0.2) is 0 Å². The molecule has 0 aromatic carbocycles. The molecule has 0 N–H and O–H groups in total. The highest BCUT2D eigenvalue weighted by molar-refractivity contribution is 7.59. The molecule has 0 heterocycles. The molecule has 4 heteroatoms. The molecule has 3 nitrogen and oxygen atoms in total. The topological polar surface area (TPSA) is 43.4 Å². The van der Waals surface area contributed by atoms with Gasteiger partial charge in [-0.25, -0.2) is 0 Å². The van der Waals surface area contributed by atoms with Crippen molar-refractivity contribution >= 4 is 13.2 Å². The summed E-state index contributed by atoms with van der Waals surface area (Å²) in [6.45, 7) is 3.28. The third-order valence-electron chi connectivity index (χ3n) is 1.22. The fourth-order valence-corrected chi connectivity index (χ4v) is 1.28. The van der Waals surface area contributed by atoms with Gasteiger partial charge in [-0.2, -0.15) is 0 Å². The summed E-state index contributed by atoms with van der Waals surface area (Å²) in [6, 6.07) is 0. The van der Waals surface area contributed by atoms with Crippen LogP contribution < -0.4 is 0 Å². The van der Waals surface area contributed by atoms with Crippen LogP contribution in [-0.4, -0.2) is 25.7 Å². The number of ketones is 1. The Labute approximate surface area is 72.9 Å². The molecule has 1 atom stereocenters. The van der Waals surface area contributed by atoms with Crippen LogP contribution in [0.15, 0.2) is 0 Å². The first-order valence-corrected chi connectivity index (χ1v) is 5.91. The Bertz CT molecular complexity index is 259. The molecule has 0 amide bonds. The predicted octanol–water partition coefficient (Wildman–Crippen LogP) is 1.52. The molecule has 0 radical (unpaired) electrons. The molecule has 0 rings (SSSR count). The van der Waals surface area contributed by atoms with Crippen molar-refractivity contribution in [2.45, 2.75) is 13.3 Å². The van der Waals surface area contributed by atoms with Crippen molar-refractivity contribution in [3.05, 3.63) is 0 Å². The van der Waals surface area contributed by atoms with Crippen molar-refractivity contribution in [1.82, 2.24) is 0 Å². The molecule has 68 valence electrons. The van der Waals surface area contributed by atoms with E-state index in [1.165, 1.54) is 13.8 Å². The first kappa shape index (κ1) is 11.4. The average Bonchev–Trinajstić information content (AvgIpc) is 2.00. The third-order valence-corrected chi connectivity index (χ3v) is 2.86. The number of carbonyl (C=O) groups is 1. The molecule has 0 bridgehead atoms. The van der Waals surface area contributed by atoms with Crippen molar-refractivity contribution in [3.8, 4) is 11.8 Å². The minimum Gasteiger partial charge on any atom is -0.332 e. The van der Waals surface area contributed by atoms with Gasteiger partial charge in [-0.3, -0.25) is 9.36 Å². The lowest BCUT2D eigenvalue weighted by Crippen LogP contribution is -2.02. The zero-order chi connectivity index (χ0) is 9.61. The van der Waals surface area contributed by atoms with Gasteiger partial charge < -0.3 is 4.52 Å². The van der Waals surface area contributed by atoms with Gasteiger partial charge in [0.1, 0.15) is 0 Å². The van der Waals surface area contributed by atoms with Crippen LogP contribution in [0.1, 0.15) is 13.3 Å². The zero-order valence-corrected chi connectivity index (χ0v) is 8.48. The summed E-state index contributed by atoms with van der Waals surface area (Å²) in [5.41, 5.74) is 0. The van der Waals surface area contributed by atoms with Gasteiger partial charge >= 0.3 is 0 Å². The molecular weight excluding hydrogens is 175 g/mol. The van der Waals surface area contributed by atoms with Crippen LogP contribution in [-0.2, 0) is 13.9 Å². The second-order valence-electron chi connectivity index (χ2n) is 2.43. The van der Waals surface area contributed by atoms with Crippen molar-refractivity contribution in [3.63, 3.8) is 0 Å². The Balaban J connectivity index is 4.10. The third kappa shape index (κ3) is 5.12. The lowest BCUT2D eigenvalue weighted by molar-refractivity contribution is -0.111. The van der Waals surface area contributed by atoms with Crippen molar-refractivity contribution in [1.29, 1.82) is 0 Å². The van der Waals surface area contributed by atoms with E-state index >= 15 is 0 Å². The number of hydrogen-bond acceptors (Lipinski definition) is 3. The second-order valence-corrected chi connectivity index (χ2v) is 5.14. The van der Waals surface area contributed by atoms with Crippen LogP contribution in [0.5, 0.6) is 0 Å². The minimum atomic E-state index is -2.72. The van der Waals surface area contributed by atoms with Crippen molar-refractivity contribution < 1.29 is 13.9 Å². The molecule has 0 aromatic rings. The van der Waals surface area contributed by atoms with Gasteiger partial charge in [-0.1, -0.05) is 12.8 Å². The summed E-state index contributed by atoms with van der Waals surface area (Å²) in [5.74, 6) is 4.68. The van der Waals surface area contributed by atoms with E-state index in [9.17, 15) is 9.36 Å². The second kappa shape index (κ2) is 5.13. The van der Waals surface area contributed by atoms with Crippen molar-refractivity contribution in [2.24, 2.45) is 0 Å². The molecule has 12 heavy (non-hydrogen) atoms. The highest BCUT2D eigenvalue weighted by Gasteiger charge is 2.17. The summed E-state index contributed by atoms with van der Waals surface area (Å²) < 4.78 is 15.9. The maximum Gasteiger partial charge on any atom is 0.215 e. The lowest BCUT2D eigenvalue weighted by Gasteiger charge is -2.05. The molecule has 0 fully saturated rings. The van der Waals surface area contributed by atoms with E-state index in [0.717, 1.165) is 0 Å². The van der Waals surface area contributed by atoms with Crippen LogP contribution in [0.3, 0.4) is 0 Å². The summed E-state index contributed by atoms with van der Waals surface area (Å²) in [6.07, 6.45) is 0.545. The largest absolute Gasteiger partial charge is 0.332 e. The number of hydrogen-bond donors (Lipinski definition) is 0. The van der Waals surface area contributed by atoms with E-state index in [1.807, 2.05) is 6.92 Å². The normalized spacial score (nSPS) is 14.2. The van der Waals surface area contributed by atoms with E-state index in [4.69, 9.17) is 0 Å². The molecule has 0 saturated carbocycles. The number of rotatable bonds is 3. The van der Waals surface area contributed by atoms with Crippen LogP contribution in [0.25, 0.3) is 0 Å². The first-order chi connectivity index (χ1) is 5.52. The molecule has 0 aliphatic heterocycles. The highest BCUT2D eigenvalue weighted by atomic mass is 31.2. The smallest absolute Gasteiger partial charge is 0.215 e. The average molecular weight is 188 g/mol. The zero-order valence-electron chi connectivity index (χ0n) is 7.59.